The molecule has 100 valence electrons. The van der Waals surface area contributed by atoms with Gasteiger partial charge in [-0.2, -0.15) is 0 Å². The van der Waals surface area contributed by atoms with Crippen molar-refractivity contribution in [2.24, 2.45) is 0 Å². The van der Waals surface area contributed by atoms with Crippen LogP contribution in [0.15, 0.2) is 48.5 Å². The lowest BCUT2D eigenvalue weighted by Crippen LogP contribution is -1.99. The topological polar surface area (TPSA) is 24.9 Å². The SMILES string of the molecule is CNc1c(C)c(C)nc2c(-c3ccccc3)cccc12. The lowest BCUT2D eigenvalue weighted by atomic mass is 9.99. The second-order valence-corrected chi connectivity index (χ2v) is 5.01. The lowest BCUT2D eigenvalue weighted by molar-refractivity contribution is 1.19. The van der Waals surface area contributed by atoms with E-state index in [9.17, 15) is 0 Å². The molecule has 0 aliphatic heterocycles. The number of aryl methyl sites for hydroxylation is 1. The van der Waals surface area contributed by atoms with E-state index in [1.807, 2.05) is 13.1 Å². The molecule has 1 N–H and O–H groups in total. The average molecular weight is 262 g/mol. The summed E-state index contributed by atoms with van der Waals surface area (Å²) in [6.45, 7) is 4.18. The number of hydrogen-bond donors (Lipinski definition) is 1. The number of para-hydroxylation sites is 1. The van der Waals surface area contributed by atoms with E-state index in [2.05, 4.69) is 61.6 Å². The maximum Gasteiger partial charge on any atom is 0.0804 e. The normalized spacial score (nSPS) is 10.8. The highest BCUT2D eigenvalue weighted by atomic mass is 14.8. The Hall–Kier alpha value is -2.35. The Morgan fingerprint density at radius 1 is 0.900 bits per heavy atom. The fraction of sp³-hybridized carbons (Fsp3) is 0.167. The van der Waals surface area contributed by atoms with E-state index in [4.69, 9.17) is 4.98 Å². The average Bonchev–Trinajstić information content (AvgIpc) is 2.49. The maximum absolute atomic E-state index is 4.82. The molecule has 0 aliphatic carbocycles. The fourth-order valence-electron chi connectivity index (χ4n) is 2.67. The zero-order valence-electron chi connectivity index (χ0n) is 12.1. The van der Waals surface area contributed by atoms with E-state index in [1.165, 1.54) is 27.8 Å². The Labute approximate surface area is 119 Å². The van der Waals surface area contributed by atoms with E-state index in [1.54, 1.807) is 0 Å². The van der Waals surface area contributed by atoms with E-state index in [-0.39, 0.29) is 0 Å². The summed E-state index contributed by atoms with van der Waals surface area (Å²) in [6, 6.07) is 16.8. The van der Waals surface area contributed by atoms with Crippen LogP contribution in [0.2, 0.25) is 0 Å². The highest BCUT2D eigenvalue weighted by Gasteiger charge is 2.11. The van der Waals surface area contributed by atoms with Gasteiger partial charge in [0.1, 0.15) is 0 Å². The molecule has 20 heavy (non-hydrogen) atoms. The third-order valence-electron chi connectivity index (χ3n) is 3.84. The van der Waals surface area contributed by atoms with Crippen LogP contribution in [-0.4, -0.2) is 12.0 Å². The van der Waals surface area contributed by atoms with Crippen LogP contribution in [0, 0.1) is 13.8 Å². The molecule has 2 aromatic carbocycles. The first-order valence-corrected chi connectivity index (χ1v) is 6.85. The van der Waals surface area contributed by atoms with Crippen molar-refractivity contribution in [2.45, 2.75) is 13.8 Å². The van der Waals surface area contributed by atoms with Crippen molar-refractivity contribution in [3.05, 3.63) is 59.8 Å². The van der Waals surface area contributed by atoms with Gasteiger partial charge in [-0.3, -0.25) is 4.98 Å². The number of aromatic nitrogens is 1. The Morgan fingerprint density at radius 3 is 2.35 bits per heavy atom. The predicted octanol–water partition coefficient (Wildman–Crippen LogP) is 4.56. The van der Waals surface area contributed by atoms with E-state index < -0.39 is 0 Å². The summed E-state index contributed by atoms with van der Waals surface area (Å²) >= 11 is 0. The Kier molecular flexibility index (Phi) is 3.15. The summed E-state index contributed by atoms with van der Waals surface area (Å²) in [5.74, 6) is 0. The molecule has 0 amide bonds. The Morgan fingerprint density at radius 2 is 1.65 bits per heavy atom. The minimum absolute atomic E-state index is 1.06. The monoisotopic (exact) mass is 262 g/mol. The number of nitrogens with zero attached hydrogens (tertiary/aromatic N) is 1. The quantitative estimate of drug-likeness (QED) is 0.732. The van der Waals surface area contributed by atoms with Gasteiger partial charge in [0.15, 0.2) is 0 Å². The third-order valence-corrected chi connectivity index (χ3v) is 3.84. The van der Waals surface area contributed by atoms with Gasteiger partial charge in [0.25, 0.3) is 0 Å². The number of hydrogen-bond acceptors (Lipinski definition) is 2. The number of pyridine rings is 1. The first-order valence-electron chi connectivity index (χ1n) is 6.85. The van der Waals surface area contributed by atoms with Gasteiger partial charge in [-0.1, -0.05) is 48.5 Å². The minimum Gasteiger partial charge on any atom is -0.387 e. The van der Waals surface area contributed by atoms with Gasteiger partial charge in [0.2, 0.25) is 0 Å². The molecule has 0 atom stereocenters. The van der Waals surface area contributed by atoms with Gasteiger partial charge in [-0.15, -0.1) is 0 Å². The molecule has 0 aliphatic rings. The molecule has 0 fully saturated rings. The zero-order chi connectivity index (χ0) is 14.1. The summed E-state index contributed by atoms with van der Waals surface area (Å²) in [6.07, 6.45) is 0. The molecular formula is C18H18N2. The molecule has 2 nitrogen and oxygen atoms in total. The van der Waals surface area contributed by atoms with Crippen LogP contribution >= 0.6 is 0 Å². The Balaban J connectivity index is 2.39. The van der Waals surface area contributed by atoms with Crippen molar-refractivity contribution in [1.82, 2.24) is 4.98 Å². The molecule has 0 saturated heterocycles. The smallest absolute Gasteiger partial charge is 0.0804 e. The molecular weight excluding hydrogens is 244 g/mol. The van der Waals surface area contributed by atoms with Crippen LogP contribution in [0.4, 0.5) is 5.69 Å². The fourth-order valence-corrected chi connectivity index (χ4v) is 2.67. The van der Waals surface area contributed by atoms with Crippen LogP contribution in [0.1, 0.15) is 11.3 Å². The van der Waals surface area contributed by atoms with Crippen molar-refractivity contribution in [3.8, 4) is 11.1 Å². The maximum atomic E-state index is 4.82. The van der Waals surface area contributed by atoms with Crippen LogP contribution in [0.3, 0.4) is 0 Å². The van der Waals surface area contributed by atoms with Gasteiger partial charge in [-0.05, 0) is 25.0 Å². The number of rotatable bonds is 2. The first-order chi connectivity index (χ1) is 9.72. The van der Waals surface area contributed by atoms with Crippen LogP contribution in [0.5, 0.6) is 0 Å². The molecule has 0 spiro atoms. The van der Waals surface area contributed by atoms with Crippen LogP contribution in [-0.2, 0) is 0 Å². The first kappa shape index (κ1) is 12.7. The van der Waals surface area contributed by atoms with Crippen LogP contribution in [0.25, 0.3) is 22.0 Å². The molecule has 0 unspecified atom stereocenters. The van der Waals surface area contributed by atoms with Crippen molar-refractivity contribution >= 4 is 16.6 Å². The van der Waals surface area contributed by atoms with Gasteiger partial charge in [0, 0.05) is 29.4 Å². The van der Waals surface area contributed by atoms with Crippen molar-refractivity contribution in [3.63, 3.8) is 0 Å². The van der Waals surface area contributed by atoms with Crippen molar-refractivity contribution < 1.29 is 0 Å². The highest BCUT2D eigenvalue weighted by Crippen LogP contribution is 2.33. The van der Waals surface area contributed by atoms with E-state index >= 15 is 0 Å². The number of fused-ring (bicyclic) bond motifs is 1. The summed E-state index contributed by atoms with van der Waals surface area (Å²) in [7, 11) is 1.97. The van der Waals surface area contributed by atoms with Crippen LogP contribution < -0.4 is 5.32 Å². The summed E-state index contributed by atoms with van der Waals surface area (Å²) in [4.78, 5) is 4.82. The summed E-state index contributed by atoms with van der Waals surface area (Å²) < 4.78 is 0. The molecule has 0 saturated carbocycles. The van der Waals surface area contributed by atoms with Gasteiger partial charge >= 0.3 is 0 Å². The second-order valence-electron chi connectivity index (χ2n) is 5.01. The number of nitrogens with one attached hydrogen (secondary N) is 1. The largest absolute Gasteiger partial charge is 0.387 e. The molecule has 3 aromatic rings. The molecule has 2 heteroatoms. The predicted molar refractivity (Wildman–Crippen MR) is 86.2 cm³/mol. The molecule has 0 radical (unpaired) electrons. The van der Waals surface area contributed by atoms with Crippen molar-refractivity contribution in [2.75, 3.05) is 12.4 Å². The van der Waals surface area contributed by atoms with Gasteiger partial charge in [-0.25, -0.2) is 0 Å². The Bertz CT molecular complexity index is 761. The van der Waals surface area contributed by atoms with Crippen molar-refractivity contribution in [1.29, 1.82) is 0 Å². The second kappa shape index (κ2) is 4.97. The lowest BCUT2D eigenvalue weighted by Gasteiger charge is -2.14. The highest BCUT2D eigenvalue weighted by molar-refractivity contribution is 6.01. The summed E-state index contributed by atoms with van der Waals surface area (Å²) in [5.41, 5.74) is 6.91. The molecule has 0 bridgehead atoms. The molecule has 1 aromatic heterocycles. The van der Waals surface area contributed by atoms with Gasteiger partial charge < -0.3 is 5.32 Å². The standard InChI is InChI=1S/C18H18N2/c1-12-13(2)20-18-15(14-8-5-4-6-9-14)10-7-11-16(18)17(12)19-3/h4-11H,1-3H3,(H,19,20). The zero-order valence-corrected chi connectivity index (χ0v) is 12.1. The number of benzene rings is 2. The minimum atomic E-state index is 1.06. The van der Waals surface area contributed by atoms with E-state index in [0.29, 0.717) is 0 Å². The van der Waals surface area contributed by atoms with E-state index in [0.717, 1.165) is 11.2 Å². The molecule has 1 heterocycles. The third kappa shape index (κ3) is 1.94. The van der Waals surface area contributed by atoms with Gasteiger partial charge in [0.05, 0.1) is 5.52 Å². The number of anilines is 1. The summed E-state index contributed by atoms with van der Waals surface area (Å²) in [5, 5.41) is 4.50. The molecule has 3 rings (SSSR count).